The second kappa shape index (κ2) is 11.6. The number of nitrogens with one attached hydrogen (secondary N) is 1. The normalized spacial score (nSPS) is 17.7. The van der Waals surface area contributed by atoms with E-state index >= 15 is 0 Å². The maximum Gasteiger partial charge on any atom is 0.266 e. The molecule has 1 saturated heterocycles. The molecule has 0 spiro atoms. The lowest BCUT2D eigenvalue weighted by Gasteiger charge is -2.30. The number of carbonyl (C=O) groups is 2. The van der Waals surface area contributed by atoms with E-state index in [1.165, 1.54) is 17.0 Å². The van der Waals surface area contributed by atoms with Gasteiger partial charge in [-0.25, -0.2) is 14.9 Å². The van der Waals surface area contributed by atoms with Gasteiger partial charge in [-0.15, -0.1) is 0 Å². The molecule has 2 atom stereocenters. The molecular weight excluding hydrogens is 523 g/mol. The molecular formula is C32H33FN4O4. The second-order valence-electron chi connectivity index (χ2n) is 10.8. The number of hydrogen-bond donors (Lipinski definition) is 3. The highest BCUT2D eigenvalue weighted by Crippen LogP contribution is 2.34. The Morgan fingerprint density at radius 3 is 2.51 bits per heavy atom. The third-order valence-corrected chi connectivity index (χ3v) is 7.58. The predicted octanol–water partition coefficient (Wildman–Crippen LogP) is 4.93. The quantitative estimate of drug-likeness (QED) is 0.199. The summed E-state index contributed by atoms with van der Waals surface area (Å²) in [6.45, 7) is 4.48. The molecule has 8 nitrogen and oxygen atoms in total. The molecule has 2 amide bonds. The number of fused-ring (bicyclic) bond motifs is 1. The van der Waals surface area contributed by atoms with Gasteiger partial charge in [0.25, 0.3) is 5.91 Å². The Labute approximate surface area is 237 Å². The van der Waals surface area contributed by atoms with Gasteiger partial charge in [0.05, 0.1) is 11.2 Å². The smallest absolute Gasteiger partial charge is 0.266 e. The number of likely N-dealkylation sites (tertiary alicyclic amines) is 1. The van der Waals surface area contributed by atoms with Gasteiger partial charge in [-0.2, -0.15) is 0 Å². The Balaban J connectivity index is 1.34. The van der Waals surface area contributed by atoms with Crippen molar-refractivity contribution in [1.29, 1.82) is 0 Å². The number of halogens is 1. The van der Waals surface area contributed by atoms with Gasteiger partial charge < -0.3 is 15.4 Å². The maximum absolute atomic E-state index is 13.5. The number of benzene rings is 3. The fraction of sp³-hybridized carbons (Fsp3) is 0.281. The van der Waals surface area contributed by atoms with Crippen molar-refractivity contribution in [3.05, 3.63) is 95.8 Å². The second-order valence-corrected chi connectivity index (χ2v) is 10.8. The highest BCUT2D eigenvalue weighted by Gasteiger charge is 2.48. The van der Waals surface area contributed by atoms with Crippen LogP contribution in [0, 0.1) is 11.7 Å². The van der Waals surface area contributed by atoms with Crippen LogP contribution in [0.2, 0.25) is 0 Å². The van der Waals surface area contributed by atoms with Crippen LogP contribution in [0.5, 0.6) is 5.75 Å². The Morgan fingerprint density at radius 1 is 1.12 bits per heavy atom. The summed E-state index contributed by atoms with van der Waals surface area (Å²) < 4.78 is 19.6. The molecule has 4 N–H and O–H groups in total. The summed E-state index contributed by atoms with van der Waals surface area (Å²) in [6, 6.07) is 22.2. The van der Waals surface area contributed by atoms with Gasteiger partial charge >= 0.3 is 0 Å². The fourth-order valence-corrected chi connectivity index (χ4v) is 5.37. The molecule has 0 radical (unpaired) electrons. The SMILES string of the molecule is CC(C)CC(C(=O)NO)N1CCC(N)(c2ccc(OCc3cc(-c4ccc(F)cc4)nc4ccccc34)cc2)C1=O. The van der Waals surface area contributed by atoms with Crippen molar-refractivity contribution in [2.75, 3.05) is 6.54 Å². The summed E-state index contributed by atoms with van der Waals surface area (Å²) in [5, 5.41) is 10.2. The van der Waals surface area contributed by atoms with Crippen LogP contribution in [0.4, 0.5) is 4.39 Å². The lowest BCUT2D eigenvalue weighted by Crippen LogP contribution is -2.52. The van der Waals surface area contributed by atoms with E-state index in [1.807, 2.05) is 44.2 Å². The van der Waals surface area contributed by atoms with E-state index in [0.29, 0.717) is 30.7 Å². The molecule has 1 aliphatic rings. The van der Waals surface area contributed by atoms with Crippen LogP contribution in [0.1, 0.15) is 37.8 Å². The molecule has 212 valence electrons. The monoisotopic (exact) mass is 556 g/mol. The minimum absolute atomic E-state index is 0.138. The Bertz CT molecular complexity index is 1560. The fourth-order valence-electron chi connectivity index (χ4n) is 5.37. The number of nitrogens with zero attached hydrogens (tertiary/aromatic N) is 2. The molecule has 2 unspecified atom stereocenters. The summed E-state index contributed by atoms with van der Waals surface area (Å²) in [5.41, 5.74) is 10.9. The van der Waals surface area contributed by atoms with E-state index in [2.05, 4.69) is 0 Å². The lowest BCUT2D eigenvalue weighted by atomic mass is 9.89. The standard InChI is InChI=1S/C32H33FN4O4/c1-20(2)17-29(30(38)36-40)37-16-15-32(34,31(37)39)23-9-13-25(14-10-23)41-19-22-18-28(21-7-11-24(33)12-8-21)35-27-6-4-3-5-26(22)27/h3-14,18,20,29,40H,15-17,19,34H2,1-2H3,(H,36,38). The van der Waals surface area contributed by atoms with Crippen molar-refractivity contribution < 1.29 is 23.9 Å². The van der Waals surface area contributed by atoms with E-state index < -0.39 is 17.5 Å². The number of para-hydroxylation sites is 1. The van der Waals surface area contributed by atoms with Gasteiger partial charge in [-0.1, -0.05) is 44.2 Å². The number of aromatic nitrogens is 1. The zero-order valence-corrected chi connectivity index (χ0v) is 23.0. The van der Waals surface area contributed by atoms with Crippen LogP contribution in [0.15, 0.2) is 78.9 Å². The summed E-state index contributed by atoms with van der Waals surface area (Å²) >= 11 is 0. The van der Waals surface area contributed by atoms with E-state index in [0.717, 1.165) is 27.7 Å². The van der Waals surface area contributed by atoms with Crippen molar-refractivity contribution >= 4 is 22.7 Å². The number of nitrogens with two attached hydrogens (primary N) is 1. The highest BCUT2D eigenvalue weighted by molar-refractivity contribution is 5.94. The molecule has 0 saturated carbocycles. The molecule has 9 heteroatoms. The minimum Gasteiger partial charge on any atom is -0.489 e. The first kappa shape index (κ1) is 28.2. The van der Waals surface area contributed by atoms with Crippen molar-refractivity contribution in [1.82, 2.24) is 15.4 Å². The van der Waals surface area contributed by atoms with Gasteiger partial charge in [0, 0.05) is 23.1 Å². The van der Waals surface area contributed by atoms with Crippen LogP contribution < -0.4 is 16.0 Å². The van der Waals surface area contributed by atoms with E-state index in [4.69, 9.17) is 15.5 Å². The lowest BCUT2D eigenvalue weighted by molar-refractivity contribution is -0.144. The van der Waals surface area contributed by atoms with Crippen molar-refractivity contribution in [3.63, 3.8) is 0 Å². The average Bonchev–Trinajstić information content (AvgIpc) is 3.29. The largest absolute Gasteiger partial charge is 0.489 e. The van der Waals surface area contributed by atoms with Crippen LogP contribution >= 0.6 is 0 Å². The summed E-state index contributed by atoms with van der Waals surface area (Å²) in [6.07, 6.45) is 0.752. The molecule has 0 bridgehead atoms. The van der Waals surface area contributed by atoms with Crippen LogP contribution in [-0.2, 0) is 21.7 Å². The molecule has 2 heterocycles. The van der Waals surface area contributed by atoms with E-state index in [1.54, 1.807) is 41.9 Å². The number of hydroxylamine groups is 1. The molecule has 1 aromatic heterocycles. The molecule has 1 aliphatic heterocycles. The summed E-state index contributed by atoms with van der Waals surface area (Å²) in [4.78, 5) is 32.0. The van der Waals surface area contributed by atoms with Crippen molar-refractivity contribution in [2.24, 2.45) is 11.7 Å². The number of rotatable bonds is 9. The summed E-state index contributed by atoms with van der Waals surface area (Å²) in [5.74, 6) is -0.540. The topological polar surface area (TPSA) is 118 Å². The first-order valence-electron chi connectivity index (χ1n) is 13.6. The van der Waals surface area contributed by atoms with Crippen LogP contribution in [0.3, 0.4) is 0 Å². The van der Waals surface area contributed by atoms with Gasteiger partial charge in [0.2, 0.25) is 5.91 Å². The van der Waals surface area contributed by atoms with Crippen molar-refractivity contribution in [3.8, 4) is 17.0 Å². The molecule has 5 rings (SSSR count). The van der Waals surface area contributed by atoms with Gasteiger partial charge in [-0.3, -0.25) is 14.8 Å². The van der Waals surface area contributed by atoms with Gasteiger partial charge in [0.1, 0.15) is 29.8 Å². The van der Waals surface area contributed by atoms with Crippen LogP contribution in [-0.4, -0.2) is 39.5 Å². The average molecular weight is 557 g/mol. The number of hydrogen-bond acceptors (Lipinski definition) is 6. The van der Waals surface area contributed by atoms with E-state index in [9.17, 15) is 19.2 Å². The Hall–Kier alpha value is -4.34. The van der Waals surface area contributed by atoms with E-state index in [-0.39, 0.29) is 24.2 Å². The zero-order valence-electron chi connectivity index (χ0n) is 23.0. The predicted molar refractivity (Wildman–Crippen MR) is 153 cm³/mol. The van der Waals surface area contributed by atoms with Gasteiger partial charge in [-0.05, 0) is 72.9 Å². The molecule has 3 aromatic carbocycles. The van der Waals surface area contributed by atoms with Gasteiger partial charge in [0.15, 0.2) is 0 Å². The zero-order chi connectivity index (χ0) is 29.1. The van der Waals surface area contributed by atoms with Crippen molar-refractivity contribution in [2.45, 2.75) is 44.9 Å². The summed E-state index contributed by atoms with van der Waals surface area (Å²) in [7, 11) is 0. The van der Waals surface area contributed by atoms with Crippen LogP contribution in [0.25, 0.3) is 22.2 Å². The first-order valence-corrected chi connectivity index (χ1v) is 13.6. The maximum atomic E-state index is 13.5. The number of carbonyl (C=O) groups excluding carboxylic acids is 2. The molecule has 41 heavy (non-hydrogen) atoms. The molecule has 1 fully saturated rings. The first-order chi connectivity index (χ1) is 19.7. The third kappa shape index (κ3) is 5.77. The number of amides is 2. The minimum atomic E-state index is -1.28. The Kier molecular flexibility index (Phi) is 8.01. The third-order valence-electron chi connectivity index (χ3n) is 7.58. The Morgan fingerprint density at radius 2 is 1.83 bits per heavy atom. The number of pyridine rings is 1. The number of ether oxygens (including phenoxy) is 1. The molecule has 0 aliphatic carbocycles. The highest BCUT2D eigenvalue weighted by atomic mass is 19.1. The molecule has 4 aromatic rings.